The number of aryl methyl sites for hydroxylation is 1. The number of ether oxygens (including phenoxy) is 1. The van der Waals surface area contributed by atoms with Gasteiger partial charge in [-0.05, 0) is 68.1 Å². The van der Waals surface area contributed by atoms with Crippen LogP contribution < -0.4 is 16.3 Å². The number of aromatic nitrogens is 3. The Labute approximate surface area is 203 Å². The molecule has 1 aliphatic carbocycles. The Morgan fingerprint density at radius 1 is 1.11 bits per heavy atom. The number of hydrogen-bond acceptors (Lipinski definition) is 6. The minimum Gasteiger partial charge on any atom is -0.454 e. The minimum absolute atomic E-state index is 0.204. The van der Waals surface area contributed by atoms with Crippen molar-refractivity contribution >= 4 is 23.5 Å². The van der Waals surface area contributed by atoms with Crippen LogP contribution in [-0.2, 0) is 9.53 Å². The molecule has 1 aliphatic rings. The third-order valence-electron chi connectivity index (χ3n) is 5.78. The fourth-order valence-corrected chi connectivity index (χ4v) is 4.02. The molecule has 36 heavy (non-hydrogen) atoms. The lowest BCUT2D eigenvalue weighted by molar-refractivity contribution is -0.207. The summed E-state index contributed by atoms with van der Waals surface area (Å²) in [5.74, 6) is -2.55. The number of hydrogen-bond donors (Lipinski definition) is 3. The Morgan fingerprint density at radius 3 is 2.53 bits per heavy atom. The Hall–Kier alpha value is -4.09. The molecule has 2 atom stereocenters. The molecule has 3 aromatic rings. The number of rotatable bonds is 6. The third kappa shape index (κ3) is 5.93. The highest BCUT2D eigenvalue weighted by Gasteiger charge is 2.44. The minimum atomic E-state index is -5.09. The van der Waals surface area contributed by atoms with Gasteiger partial charge in [0.25, 0.3) is 5.91 Å². The normalized spacial score (nSPS) is 17.9. The molecule has 0 saturated heterocycles. The van der Waals surface area contributed by atoms with Crippen LogP contribution in [0, 0.1) is 6.92 Å². The maximum atomic E-state index is 12.7. The third-order valence-corrected chi connectivity index (χ3v) is 5.78. The average molecular weight is 503 g/mol. The second kappa shape index (κ2) is 10.3. The quantitative estimate of drug-likeness (QED) is 0.441. The number of aromatic amines is 1. The van der Waals surface area contributed by atoms with Crippen LogP contribution in [0.4, 0.5) is 24.8 Å². The molecule has 4 rings (SSSR count). The largest absolute Gasteiger partial charge is 0.490 e. The summed E-state index contributed by atoms with van der Waals surface area (Å²) in [7, 11) is 0. The molecule has 3 N–H and O–H groups in total. The summed E-state index contributed by atoms with van der Waals surface area (Å²) < 4.78 is 43.6. The first-order chi connectivity index (χ1) is 17.1. The van der Waals surface area contributed by atoms with Gasteiger partial charge in [0.15, 0.2) is 0 Å². The van der Waals surface area contributed by atoms with Crippen molar-refractivity contribution in [3.05, 3.63) is 70.1 Å². The van der Waals surface area contributed by atoms with Gasteiger partial charge < -0.3 is 15.4 Å². The summed E-state index contributed by atoms with van der Waals surface area (Å²) in [6.45, 7) is 1.90. The number of carbonyl (C=O) groups excluding carboxylic acids is 2. The second-order valence-electron chi connectivity index (χ2n) is 8.54. The fourth-order valence-electron chi connectivity index (χ4n) is 4.02. The number of halogens is 3. The highest BCUT2D eigenvalue weighted by atomic mass is 19.4. The van der Waals surface area contributed by atoms with Crippen molar-refractivity contribution in [2.45, 2.75) is 50.9 Å². The number of nitrogens with one attached hydrogen (secondary N) is 3. The molecule has 1 heterocycles. The lowest BCUT2D eigenvalue weighted by atomic mass is 9.92. The van der Waals surface area contributed by atoms with Gasteiger partial charge in [0, 0.05) is 11.3 Å². The summed E-state index contributed by atoms with van der Waals surface area (Å²) in [5.41, 5.74) is 1.98. The van der Waals surface area contributed by atoms with Gasteiger partial charge in [0.05, 0.1) is 11.7 Å². The zero-order valence-electron chi connectivity index (χ0n) is 19.3. The predicted octanol–water partition coefficient (Wildman–Crippen LogP) is 3.76. The van der Waals surface area contributed by atoms with E-state index in [0.717, 1.165) is 5.56 Å². The number of carbonyl (C=O) groups is 2. The molecular weight excluding hydrogens is 479 g/mol. The van der Waals surface area contributed by atoms with Crippen molar-refractivity contribution in [3.63, 3.8) is 0 Å². The van der Waals surface area contributed by atoms with Gasteiger partial charge >= 0.3 is 17.8 Å². The molecule has 1 aromatic heterocycles. The first-order valence-corrected chi connectivity index (χ1v) is 11.3. The van der Waals surface area contributed by atoms with Crippen LogP contribution in [0.3, 0.4) is 0 Å². The average Bonchev–Trinajstić information content (AvgIpc) is 3.20. The zero-order valence-corrected chi connectivity index (χ0v) is 19.3. The van der Waals surface area contributed by atoms with E-state index in [1.165, 1.54) is 16.8 Å². The first-order valence-electron chi connectivity index (χ1n) is 11.3. The van der Waals surface area contributed by atoms with Gasteiger partial charge in [-0.3, -0.25) is 9.78 Å². The van der Waals surface area contributed by atoms with E-state index >= 15 is 0 Å². The van der Waals surface area contributed by atoms with Gasteiger partial charge in [0.2, 0.25) is 5.95 Å². The highest BCUT2D eigenvalue weighted by Crippen LogP contribution is 2.26. The summed E-state index contributed by atoms with van der Waals surface area (Å²) in [5, 5.41) is 9.87. The monoisotopic (exact) mass is 503 g/mol. The molecule has 0 bridgehead atoms. The van der Waals surface area contributed by atoms with E-state index in [9.17, 15) is 27.6 Å². The molecule has 9 nitrogen and oxygen atoms in total. The fraction of sp³-hybridized carbons (Fsp3) is 0.333. The van der Waals surface area contributed by atoms with E-state index in [2.05, 4.69) is 25.5 Å². The number of H-pyrrole nitrogens is 1. The van der Waals surface area contributed by atoms with Crippen molar-refractivity contribution in [1.29, 1.82) is 0 Å². The van der Waals surface area contributed by atoms with Gasteiger partial charge in [-0.15, -0.1) is 5.10 Å². The number of alkyl halides is 3. The van der Waals surface area contributed by atoms with Crippen LogP contribution >= 0.6 is 0 Å². The van der Waals surface area contributed by atoms with Crippen LogP contribution in [0.2, 0.25) is 0 Å². The van der Waals surface area contributed by atoms with Crippen LogP contribution in [-0.4, -0.2) is 45.0 Å². The smallest absolute Gasteiger partial charge is 0.454 e. The molecule has 190 valence electrons. The molecule has 0 unspecified atom stereocenters. The molecule has 0 aliphatic heterocycles. The van der Waals surface area contributed by atoms with Crippen LogP contribution in [0.25, 0.3) is 5.69 Å². The number of anilines is 2. The van der Waals surface area contributed by atoms with Crippen molar-refractivity contribution in [1.82, 2.24) is 20.1 Å². The topological polar surface area (TPSA) is 118 Å². The van der Waals surface area contributed by atoms with Gasteiger partial charge in [-0.25, -0.2) is 9.59 Å². The number of nitrogens with zero attached hydrogens (tertiary/aromatic N) is 2. The van der Waals surface area contributed by atoms with Crippen LogP contribution in [0.5, 0.6) is 0 Å². The van der Waals surface area contributed by atoms with Crippen molar-refractivity contribution in [3.8, 4) is 5.69 Å². The van der Waals surface area contributed by atoms with E-state index in [1.54, 1.807) is 18.2 Å². The van der Waals surface area contributed by atoms with E-state index < -0.39 is 35.9 Å². The lowest BCUT2D eigenvalue weighted by Crippen LogP contribution is -2.48. The molecule has 12 heteroatoms. The van der Waals surface area contributed by atoms with Crippen molar-refractivity contribution in [2.75, 3.05) is 5.32 Å². The Balaban J connectivity index is 1.40. The molecule has 1 fully saturated rings. The van der Waals surface area contributed by atoms with E-state index in [4.69, 9.17) is 0 Å². The Bertz CT molecular complexity index is 1300. The molecule has 1 amide bonds. The molecule has 0 spiro atoms. The van der Waals surface area contributed by atoms with E-state index in [-0.39, 0.29) is 17.9 Å². The number of benzene rings is 2. The lowest BCUT2D eigenvalue weighted by Gasteiger charge is -2.31. The van der Waals surface area contributed by atoms with Gasteiger partial charge in [0.1, 0.15) is 6.10 Å². The molecule has 2 aromatic carbocycles. The number of esters is 1. The standard InChI is InChI=1S/C24H24F3N5O4/c1-14-5-4-6-17(13-14)32-23(35)30-22(31-32)28-16-11-9-15(10-12-16)20(33)29-18-7-2-3-8-19(18)36-21(34)24(25,26)27/h4-6,9-13,18-19H,2-3,7-8H2,1H3,(H,29,33)(H2,28,30,31,35)/t18-,19-/m0/s1. The van der Waals surface area contributed by atoms with Gasteiger partial charge in [-0.1, -0.05) is 18.6 Å². The van der Waals surface area contributed by atoms with Crippen LogP contribution in [0.15, 0.2) is 53.3 Å². The zero-order chi connectivity index (χ0) is 25.9. The SMILES string of the molecule is Cc1cccc(-n2nc(Nc3ccc(C(=O)N[C@H]4CCCC[C@@H]4OC(=O)C(F)(F)F)cc3)[nH]c2=O)c1. The molecule has 0 radical (unpaired) electrons. The van der Waals surface area contributed by atoms with E-state index in [1.807, 2.05) is 25.1 Å². The summed E-state index contributed by atoms with van der Waals surface area (Å²) in [6.07, 6.45) is -4.19. The molecule has 1 saturated carbocycles. The molecular formula is C24H24F3N5O4. The summed E-state index contributed by atoms with van der Waals surface area (Å²) in [4.78, 5) is 38.8. The Morgan fingerprint density at radius 2 is 1.83 bits per heavy atom. The first kappa shape index (κ1) is 25.0. The van der Waals surface area contributed by atoms with Crippen molar-refractivity contribution < 1.29 is 27.5 Å². The van der Waals surface area contributed by atoms with Crippen molar-refractivity contribution in [2.24, 2.45) is 0 Å². The van der Waals surface area contributed by atoms with Crippen LogP contribution in [0.1, 0.15) is 41.6 Å². The Kier molecular flexibility index (Phi) is 7.13. The maximum absolute atomic E-state index is 12.7. The van der Waals surface area contributed by atoms with Gasteiger partial charge in [-0.2, -0.15) is 17.9 Å². The van der Waals surface area contributed by atoms with E-state index in [0.29, 0.717) is 30.6 Å². The summed E-state index contributed by atoms with van der Waals surface area (Å²) in [6, 6.07) is 12.8. The predicted molar refractivity (Wildman–Crippen MR) is 124 cm³/mol. The maximum Gasteiger partial charge on any atom is 0.490 e. The summed E-state index contributed by atoms with van der Waals surface area (Å²) >= 11 is 0. The highest BCUT2D eigenvalue weighted by molar-refractivity contribution is 5.94. The number of amides is 1. The second-order valence-corrected chi connectivity index (χ2v) is 8.54.